The van der Waals surface area contributed by atoms with E-state index in [1.807, 2.05) is 30.3 Å². The van der Waals surface area contributed by atoms with Crippen LogP contribution in [0.15, 0.2) is 61.2 Å². The highest BCUT2D eigenvalue weighted by Gasteiger charge is 2.14. The van der Waals surface area contributed by atoms with Crippen molar-refractivity contribution >= 4 is 5.91 Å². The van der Waals surface area contributed by atoms with Crippen molar-refractivity contribution in [1.82, 2.24) is 19.8 Å². The lowest BCUT2D eigenvalue weighted by molar-refractivity contribution is -0.0757. The molecule has 25 heavy (non-hydrogen) atoms. The summed E-state index contributed by atoms with van der Waals surface area (Å²) in [6.45, 7) is 0.555. The number of amides is 1. The van der Waals surface area contributed by atoms with E-state index in [1.54, 1.807) is 18.1 Å². The summed E-state index contributed by atoms with van der Waals surface area (Å²) < 4.78 is 1.73. The second kappa shape index (κ2) is 7.72. The van der Waals surface area contributed by atoms with Crippen LogP contribution in [0.3, 0.4) is 0 Å². The first-order valence-electron chi connectivity index (χ1n) is 7.97. The zero-order chi connectivity index (χ0) is 17.6. The third-order valence-electron chi connectivity index (χ3n) is 3.92. The van der Waals surface area contributed by atoms with Crippen LogP contribution in [0.4, 0.5) is 0 Å². The van der Waals surface area contributed by atoms with E-state index in [4.69, 9.17) is 4.84 Å². The largest absolute Gasteiger partial charge is 0.277 e. The maximum absolute atomic E-state index is 12.5. The summed E-state index contributed by atoms with van der Waals surface area (Å²) in [7, 11) is 3.07. The zero-order valence-corrected chi connectivity index (χ0v) is 14.3. The highest BCUT2D eigenvalue weighted by atomic mass is 16.7. The standard InChI is InChI=1S/C19H20N4O2/c1-22(25-2)19(24)18-10-16(8-15-6-4-3-5-7-15)9-17(11-18)12-23-14-20-13-21-23/h3-7,9-11,13-14H,8,12H2,1-2H3. The Kier molecular flexibility index (Phi) is 5.20. The van der Waals surface area contributed by atoms with Crippen molar-refractivity contribution < 1.29 is 9.63 Å². The highest BCUT2D eigenvalue weighted by molar-refractivity contribution is 5.93. The van der Waals surface area contributed by atoms with Crippen LogP contribution in [-0.2, 0) is 17.8 Å². The first-order chi connectivity index (χ1) is 12.2. The number of benzene rings is 2. The van der Waals surface area contributed by atoms with E-state index in [-0.39, 0.29) is 5.91 Å². The Morgan fingerprint density at radius 1 is 1.12 bits per heavy atom. The molecule has 128 valence electrons. The van der Waals surface area contributed by atoms with E-state index in [2.05, 4.69) is 28.3 Å². The molecule has 0 radical (unpaired) electrons. The van der Waals surface area contributed by atoms with Gasteiger partial charge in [0, 0.05) is 12.6 Å². The van der Waals surface area contributed by atoms with E-state index >= 15 is 0 Å². The minimum absolute atomic E-state index is 0.183. The Labute approximate surface area is 146 Å². The van der Waals surface area contributed by atoms with Gasteiger partial charge in [-0.25, -0.2) is 14.7 Å². The minimum Gasteiger partial charge on any atom is -0.274 e. The summed E-state index contributed by atoms with van der Waals surface area (Å²) in [5.41, 5.74) is 3.84. The summed E-state index contributed by atoms with van der Waals surface area (Å²) in [6.07, 6.45) is 3.91. The molecule has 0 aliphatic heterocycles. The molecule has 2 aromatic carbocycles. The lowest BCUT2D eigenvalue weighted by Gasteiger charge is -2.15. The first kappa shape index (κ1) is 16.9. The molecule has 6 heteroatoms. The molecule has 1 aromatic heterocycles. The van der Waals surface area contributed by atoms with Crippen LogP contribution in [0.2, 0.25) is 0 Å². The van der Waals surface area contributed by atoms with Gasteiger partial charge in [0.1, 0.15) is 12.7 Å². The molecule has 0 saturated carbocycles. The molecule has 1 heterocycles. The summed E-state index contributed by atoms with van der Waals surface area (Å²) in [5, 5.41) is 5.36. The number of carbonyl (C=O) groups excluding carboxylic acids is 1. The monoisotopic (exact) mass is 336 g/mol. The molecule has 6 nitrogen and oxygen atoms in total. The lowest BCUT2D eigenvalue weighted by atomic mass is 9.99. The molecule has 1 amide bonds. The molecule has 0 N–H and O–H groups in total. The summed E-state index contributed by atoms with van der Waals surface area (Å²) in [6, 6.07) is 16.0. The third-order valence-corrected chi connectivity index (χ3v) is 3.92. The molecule has 0 saturated heterocycles. The Bertz CT molecular complexity index is 832. The first-order valence-corrected chi connectivity index (χ1v) is 7.97. The average Bonchev–Trinajstić information content (AvgIpc) is 3.14. The van der Waals surface area contributed by atoms with Crippen molar-refractivity contribution in [2.45, 2.75) is 13.0 Å². The molecule has 0 aliphatic carbocycles. The van der Waals surface area contributed by atoms with Crippen molar-refractivity contribution in [3.8, 4) is 0 Å². The molecule has 0 bridgehead atoms. The van der Waals surface area contributed by atoms with E-state index < -0.39 is 0 Å². The number of rotatable bonds is 6. The molecule has 0 fully saturated rings. The SMILES string of the molecule is CON(C)C(=O)c1cc(Cc2ccccc2)cc(Cn2cncn2)c1. The number of aromatic nitrogens is 3. The van der Waals surface area contributed by atoms with Crippen molar-refractivity contribution in [2.24, 2.45) is 0 Å². The second-order valence-electron chi connectivity index (χ2n) is 5.78. The molecule has 0 atom stereocenters. The van der Waals surface area contributed by atoms with Gasteiger partial charge in [0.15, 0.2) is 0 Å². The molecule has 3 aromatic rings. The van der Waals surface area contributed by atoms with Gasteiger partial charge in [-0.2, -0.15) is 5.10 Å². The van der Waals surface area contributed by atoms with E-state index in [0.29, 0.717) is 12.1 Å². The molecular formula is C19H20N4O2. The van der Waals surface area contributed by atoms with Gasteiger partial charge in [-0.3, -0.25) is 9.63 Å². The normalized spacial score (nSPS) is 10.6. The molecular weight excluding hydrogens is 316 g/mol. The Balaban J connectivity index is 1.94. The van der Waals surface area contributed by atoms with Gasteiger partial charge in [-0.1, -0.05) is 36.4 Å². The summed E-state index contributed by atoms with van der Waals surface area (Å²) >= 11 is 0. The van der Waals surface area contributed by atoms with Gasteiger partial charge in [0.05, 0.1) is 13.7 Å². The molecule has 0 unspecified atom stereocenters. The molecule has 3 rings (SSSR count). The van der Waals surface area contributed by atoms with Crippen LogP contribution in [-0.4, -0.2) is 39.9 Å². The summed E-state index contributed by atoms with van der Waals surface area (Å²) in [4.78, 5) is 21.5. The topological polar surface area (TPSA) is 60.2 Å². The highest BCUT2D eigenvalue weighted by Crippen LogP contribution is 2.17. The van der Waals surface area contributed by atoms with E-state index in [9.17, 15) is 4.79 Å². The predicted octanol–water partition coefficient (Wildman–Crippen LogP) is 2.55. The third kappa shape index (κ3) is 4.30. The minimum atomic E-state index is -0.183. The fourth-order valence-corrected chi connectivity index (χ4v) is 2.68. The Hall–Kier alpha value is -2.99. The van der Waals surface area contributed by atoms with Gasteiger partial charge < -0.3 is 0 Å². The van der Waals surface area contributed by atoms with Crippen LogP contribution in [0, 0.1) is 0 Å². The van der Waals surface area contributed by atoms with Crippen LogP contribution in [0.25, 0.3) is 0 Å². The smallest absolute Gasteiger partial charge is 0.274 e. The van der Waals surface area contributed by atoms with Gasteiger partial charge in [0.2, 0.25) is 0 Å². The van der Waals surface area contributed by atoms with Crippen LogP contribution in [0.5, 0.6) is 0 Å². The predicted molar refractivity (Wildman–Crippen MR) is 93.9 cm³/mol. The molecule has 0 spiro atoms. The van der Waals surface area contributed by atoms with Crippen molar-refractivity contribution in [2.75, 3.05) is 14.2 Å². The van der Waals surface area contributed by atoms with Gasteiger partial charge in [-0.05, 0) is 35.2 Å². The zero-order valence-electron chi connectivity index (χ0n) is 14.3. The number of hydrogen-bond donors (Lipinski definition) is 0. The number of hydroxylamine groups is 2. The van der Waals surface area contributed by atoms with E-state index in [0.717, 1.165) is 17.5 Å². The maximum atomic E-state index is 12.5. The Morgan fingerprint density at radius 3 is 2.56 bits per heavy atom. The molecule has 0 aliphatic rings. The van der Waals surface area contributed by atoms with Gasteiger partial charge >= 0.3 is 0 Å². The van der Waals surface area contributed by atoms with Gasteiger partial charge in [-0.15, -0.1) is 0 Å². The maximum Gasteiger partial charge on any atom is 0.277 e. The van der Waals surface area contributed by atoms with Crippen molar-refractivity contribution in [3.63, 3.8) is 0 Å². The van der Waals surface area contributed by atoms with E-state index in [1.165, 1.54) is 24.1 Å². The fraction of sp³-hybridized carbons (Fsp3) is 0.211. The summed E-state index contributed by atoms with van der Waals surface area (Å²) in [5.74, 6) is -0.183. The van der Waals surface area contributed by atoms with Crippen LogP contribution < -0.4 is 0 Å². The van der Waals surface area contributed by atoms with Crippen LogP contribution in [0.1, 0.15) is 27.0 Å². The van der Waals surface area contributed by atoms with Crippen molar-refractivity contribution in [1.29, 1.82) is 0 Å². The number of carbonyl (C=O) groups is 1. The number of hydrogen-bond acceptors (Lipinski definition) is 4. The fourth-order valence-electron chi connectivity index (χ4n) is 2.68. The average molecular weight is 336 g/mol. The quantitative estimate of drug-likeness (QED) is 0.649. The van der Waals surface area contributed by atoms with Crippen LogP contribution >= 0.6 is 0 Å². The Morgan fingerprint density at radius 2 is 1.88 bits per heavy atom. The number of nitrogens with zero attached hydrogens (tertiary/aromatic N) is 4. The van der Waals surface area contributed by atoms with Crippen molar-refractivity contribution in [3.05, 3.63) is 83.4 Å². The lowest BCUT2D eigenvalue weighted by Crippen LogP contribution is -2.25. The second-order valence-corrected chi connectivity index (χ2v) is 5.78. The van der Waals surface area contributed by atoms with Gasteiger partial charge in [0.25, 0.3) is 5.91 Å².